The number of rotatable bonds is 3. The van der Waals surface area contributed by atoms with Crippen molar-refractivity contribution in [2.45, 2.75) is 31.7 Å². The number of hydrogen-bond donors (Lipinski definition) is 2. The number of carboxylic acids is 1. The molecule has 0 aliphatic heterocycles. The molecule has 0 radical (unpaired) electrons. The van der Waals surface area contributed by atoms with E-state index in [0.717, 1.165) is 18.4 Å². The second kappa shape index (κ2) is 3.46. The van der Waals surface area contributed by atoms with Gasteiger partial charge in [-0.1, -0.05) is 6.42 Å². The van der Waals surface area contributed by atoms with Gasteiger partial charge < -0.3 is 15.3 Å². The Kier molecular flexibility index (Phi) is 2.29. The van der Waals surface area contributed by atoms with E-state index in [2.05, 4.69) is 0 Å². The third-order valence-corrected chi connectivity index (χ3v) is 2.84. The van der Waals surface area contributed by atoms with Crippen molar-refractivity contribution < 1.29 is 14.3 Å². The van der Waals surface area contributed by atoms with Crippen LogP contribution in [0.2, 0.25) is 0 Å². The smallest absolute Gasteiger partial charge is 0.339 e. The molecule has 1 heterocycles. The Morgan fingerprint density at radius 1 is 1.64 bits per heavy atom. The molecule has 1 aromatic heterocycles. The molecule has 0 saturated heterocycles. The minimum atomic E-state index is -0.930. The first kappa shape index (κ1) is 9.27. The summed E-state index contributed by atoms with van der Waals surface area (Å²) in [5.74, 6) is -0.175. The fraction of sp³-hybridized carbons (Fsp3) is 0.500. The summed E-state index contributed by atoms with van der Waals surface area (Å²) in [6.45, 7) is 0.147. The molecule has 0 aromatic carbocycles. The highest BCUT2D eigenvalue weighted by atomic mass is 16.4. The third kappa shape index (κ3) is 1.32. The molecule has 4 nitrogen and oxygen atoms in total. The normalized spacial score (nSPS) is 16.6. The van der Waals surface area contributed by atoms with Gasteiger partial charge in [-0.05, 0) is 18.8 Å². The van der Waals surface area contributed by atoms with Crippen LogP contribution >= 0.6 is 0 Å². The highest BCUT2D eigenvalue weighted by Crippen LogP contribution is 2.39. The molecule has 1 fully saturated rings. The summed E-state index contributed by atoms with van der Waals surface area (Å²) in [4.78, 5) is 11.0. The predicted molar refractivity (Wildman–Crippen MR) is 50.2 cm³/mol. The molecule has 2 rings (SSSR count). The van der Waals surface area contributed by atoms with Gasteiger partial charge in [0, 0.05) is 5.56 Å². The Morgan fingerprint density at radius 3 is 2.79 bits per heavy atom. The highest BCUT2D eigenvalue weighted by Gasteiger charge is 2.28. The lowest BCUT2D eigenvalue weighted by molar-refractivity contribution is 0.0692. The average molecular weight is 195 g/mol. The van der Waals surface area contributed by atoms with Crippen molar-refractivity contribution in [2.24, 2.45) is 5.73 Å². The number of nitrogens with two attached hydrogens (primary N) is 1. The summed E-state index contributed by atoms with van der Waals surface area (Å²) in [6, 6.07) is 0. The Balaban J connectivity index is 2.38. The Labute approximate surface area is 81.7 Å². The van der Waals surface area contributed by atoms with E-state index >= 15 is 0 Å². The van der Waals surface area contributed by atoms with Crippen molar-refractivity contribution in [3.63, 3.8) is 0 Å². The van der Waals surface area contributed by atoms with Gasteiger partial charge in [0.1, 0.15) is 11.3 Å². The summed E-state index contributed by atoms with van der Waals surface area (Å²) in [6.07, 6.45) is 4.84. The van der Waals surface area contributed by atoms with E-state index in [-0.39, 0.29) is 12.1 Å². The first-order valence-electron chi connectivity index (χ1n) is 4.77. The molecule has 0 atom stereocenters. The minimum absolute atomic E-state index is 0.147. The van der Waals surface area contributed by atoms with Crippen LogP contribution in [0.15, 0.2) is 10.7 Å². The Hall–Kier alpha value is -1.29. The number of aromatic carboxylic acids is 1. The van der Waals surface area contributed by atoms with E-state index < -0.39 is 5.97 Å². The lowest BCUT2D eigenvalue weighted by Crippen LogP contribution is -2.13. The van der Waals surface area contributed by atoms with Gasteiger partial charge in [0.15, 0.2) is 0 Å². The van der Waals surface area contributed by atoms with E-state index in [1.54, 1.807) is 6.26 Å². The molecule has 1 aliphatic carbocycles. The van der Waals surface area contributed by atoms with Gasteiger partial charge in [0.2, 0.25) is 0 Å². The average Bonchev–Trinajstić information content (AvgIpc) is 2.44. The van der Waals surface area contributed by atoms with Crippen molar-refractivity contribution >= 4 is 5.97 Å². The van der Waals surface area contributed by atoms with Crippen molar-refractivity contribution in [3.8, 4) is 0 Å². The molecule has 3 N–H and O–H groups in total. The molecule has 4 heteroatoms. The minimum Gasteiger partial charge on any atom is -0.478 e. The van der Waals surface area contributed by atoms with Crippen LogP contribution in [0.1, 0.15) is 46.9 Å². The highest BCUT2D eigenvalue weighted by molar-refractivity contribution is 5.90. The molecular formula is C10H13NO3. The standard InChI is InChI=1S/C10H13NO3/c11-4-8-9(10(12)13)7(5-14-8)6-2-1-3-6/h5-6H,1-4,11H2,(H,12,13). The maximum absolute atomic E-state index is 11.0. The SMILES string of the molecule is NCc1occ(C2CCC2)c1C(=O)O. The van der Waals surface area contributed by atoms with Crippen LogP contribution < -0.4 is 5.73 Å². The van der Waals surface area contributed by atoms with Crippen LogP contribution in [0, 0.1) is 0 Å². The number of carboxylic acid groups (broad SMARTS) is 1. The van der Waals surface area contributed by atoms with E-state index in [1.807, 2.05) is 0 Å². The van der Waals surface area contributed by atoms with Crippen LogP contribution in [-0.4, -0.2) is 11.1 Å². The van der Waals surface area contributed by atoms with Gasteiger partial charge in [-0.25, -0.2) is 4.79 Å². The lowest BCUT2D eigenvalue weighted by Gasteiger charge is -2.24. The molecule has 0 spiro atoms. The number of furan rings is 1. The topological polar surface area (TPSA) is 76.5 Å². The van der Waals surface area contributed by atoms with Gasteiger partial charge in [0.25, 0.3) is 0 Å². The Morgan fingerprint density at radius 2 is 2.36 bits per heavy atom. The molecule has 1 aromatic rings. The molecular weight excluding hydrogens is 182 g/mol. The molecule has 0 amide bonds. The summed E-state index contributed by atoms with van der Waals surface area (Å²) in [5, 5.41) is 9.02. The summed E-state index contributed by atoms with van der Waals surface area (Å²) >= 11 is 0. The molecule has 1 aliphatic rings. The fourth-order valence-electron chi connectivity index (χ4n) is 1.83. The molecule has 14 heavy (non-hydrogen) atoms. The molecule has 0 bridgehead atoms. The van der Waals surface area contributed by atoms with E-state index in [0.29, 0.717) is 11.7 Å². The third-order valence-electron chi connectivity index (χ3n) is 2.84. The second-order valence-corrected chi connectivity index (χ2v) is 3.63. The lowest BCUT2D eigenvalue weighted by atomic mass is 9.79. The zero-order valence-corrected chi connectivity index (χ0v) is 7.82. The fourth-order valence-corrected chi connectivity index (χ4v) is 1.83. The largest absolute Gasteiger partial charge is 0.478 e. The van der Waals surface area contributed by atoms with Gasteiger partial charge in [-0.3, -0.25) is 0 Å². The maximum atomic E-state index is 11.0. The maximum Gasteiger partial charge on any atom is 0.339 e. The first-order chi connectivity index (χ1) is 6.74. The van der Waals surface area contributed by atoms with Crippen LogP contribution in [0.5, 0.6) is 0 Å². The van der Waals surface area contributed by atoms with E-state index in [9.17, 15) is 4.79 Å². The Bertz CT molecular complexity index is 352. The van der Waals surface area contributed by atoms with Crippen molar-refractivity contribution in [2.75, 3.05) is 0 Å². The second-order valence-electron chi connectivity index (χ2n) is 3.63. The van der Waals surface area contributed by atoms with Crippen molar-refractivity contribution in [1.82, 2.24) is 0 Å². The zero-order valence-electron chi connectivity index (χ0n) is 7.82. The monoisotopic (exact) mass is 195 g/mol. The van der Waals surface area contributed by atoms with Crippen LogP contribution in [0.25, 0.3) is 0 Å². The molecule has 76 valence electrons. The predicted octanol–water partition coefficient (Wildman–Crippen LogP) is 1.70. The molecule has 0 unspecified atom stereocenters. The van der Waals surface area contributed by atoms with Gasteiger partial charge in [0.05, 0.1) is 12.8 Å². The van der Waals surface area contributed by atoms with Gasteiger partial charge >= 0.3 is 5.97 Å². The van der Waals surface area contributed by atoms with Gasteiger partial charge in [-0.15, -0.1) is 0 Å². The zero-order chi connectivity index (χ0) is 10.1. The molecule has 1 saturated carbocycles. The first-order valence-corrected chi connectivity index (χ1v) is 4.77. The van der Waals surface area contributed by atoms with Crippen LogP contribution in [0.3, 0.4) is 0 Å². The van der Waals surface area contributed by atoms with Crippen molar-refractivity contribution in [1.29, 1.82) is 0 Å². The number of hydrogen-bond acceptors (Lipinski definition) is 3. The summed E-state index contributed by atoms with van der Waals surface area (Å²) in [5.41, 5.74) is 6.52. The van der Waals surface area contributed by atoms with Crippen molar-refractivity contribution in [3.05, 3.63) is 23.2 Å². The van der Waals surface area contributed by atoms with Crippen LogP contribution in [-0.2, 0) is 6.54 Å². The summed E-state index contributed by atoms with van der Waals surface area (Å²) < 4.78 is 5.16. The van der Waals surface area contributed by atoms with Crippen LogP contribution in [0.4, 0.5) is 0 Å². The quantitative estimate of drug-likeness (QED) is 0.769. The van der Waals surface area contributed by atoms with E-state index in [4.69, 9.17) is 15.3 Å². The number of carbonyl (C=O) groups is 1. The summed E-state index contributed by atoms with van der Waals surface area (Å²) in [7, 11) is 0. The van der Waals surface area contributed by atoms with E-state index in [1.165, 1.54) is 6.42 Å². The van der Waals surface area contributed by atoms with Gasteiger partial charge in [-0.2, -0.15) is 0 Å².